The first kappa shape index (κ1) is 15.9. The highest BCUT2D eigenvalue weighted by Gasteiger charge is 2.44. The van der Waals surface area contributed by atoms with Crippen molar-refractivity contribution < 1.29 is 31.4 Å². The third-order valence-electron chi connectivity index (χ3n) is 3.50. The van der Waals surface area contributed by atoms with Crippen LogP contribution in [-0.2, 0) is 9.53 Å². The summed E-state index contributed by atoms with van der Waals surface area (Å²) in [5.74, 6) is -0.501. The number of hydrogen-bond donors (Lipinski definition) is 6. The Morgan fingerprint density at radius 2 is 2.10 bits per heavy atom. The normalized spacial score (nSPS) is 42.7. The molecule has 0 aliphatic carbocycles. The quantitative estimate of drug-likeness (QED) is 0.329. The molecule has 2 saturated heterocycles. The first-order chi connectivity index (χ1) is 9.45. The van der Waals surface area contributed by atoms with Gasteiger partial charge < -0.3 is 35.8 Å². The fourth-order valence-electron chi connectivity index (χ4n) is 2.35. The van der Waals surface area contributed by atoms with Gasteiger partial charge in [-0.05, 0) is 19.4 Å². The van der Waals surface area contributed by atoms with Crippen molar-refractivity contribution in [1.29, 1.82) is 0 Å². The summed E-state index contributed by atoms with van der Waals surface area (Å²) in [6.45, 7) is -0.0708. The molecule has 9 heteroatoms. The highest BCUT2D eigenvalue weighted by Crippen LogP contribution is 2.20. The molecule has 2 fully saturated rings. The number of nitrogens with one attached hydrogen (secondary N) is 2. The van der Waals surface area contributed by atoms with Gasteiger partial charge in [0.05, 0.1) is 12.6 Å². The first-order valence-corrected chi connectivity index (χ1v) is 6.32. The van der Waals surface area contributed by atoms with Crippen molar-refractivity contribution in [1.82, 2.24) is 10.6 Å². The average Bonchev–Trinajstić information content (AvgIpc) is 2.85. The lowest BCUT2D eigenvalue weighted by Gasteiger charge is -2.40. The van der Waals surface area contributed by atoms with Crippen molar-refractivity contribution in [2.45, 2.75) is 49.5 Å². The van der Waals surface area contributed by atoms with E-state index in [1.54, 1.807) is 0 Å². The molecule has 0 spiro atoms. The Balaban J connectivity index is 0.00000220. The van der Waals surface area contributed by atoms with E-state index >= 15 is 0 Å². The predicted octanol–water partition coefficient (Wildman–Crippen LogP) is -2.92. The Morgan fingerprint density at radius 1 is 1.40 bits per heavy atom. The van der Waals surface area contributed by atoms with Gasteiger partial charge in [-0.15, -0.1) is 12.4 Å². The maximum atomic E-state index is 12.0. The monoisotopic (exact) mass is 313 g/mol. The molecule has 0 radical (unpaired) electrons. The van der Waals surface area contributed by atoms with Gasteiger partial charge in [0.2, 0.25) is 5.91 Å². The lowest BCUT2D eigenvalue weighted by molar-refractivity contribution is -0.254. The highest BCUT2D eigenvalue weighted by molar-refractivity contribution is 5.85. The van der Waals surface area contributed by atoms with Crippen molar-refractivity contribution in [3.8, 4) is 0 Å². The molecule has 0 aromatic carbocycles. The molecule has 118 valence electrons. The zero-order valence-electron chi connectivity index (χ0n) is 11.8. The third kappa shape index (κ3) is 3.59. The smallest absolute Gasteiger partial charge is 0.237 e. The van der Waals surface area contributed by atoms with Crippen LogP contribution in [0.3, 0.4) is 0 Å². The second-order valence-corrected chi connectivity index (χ2v) is 4.83. The van der Waals surface area contributed by atoms with E-state index in [1.807, 2.05) is 0 Å². The second-order valence-electron chi connectivity index (χ2n) is 4.83. The number of carbonyl (C=O) groups is 1. The molecule has 6 N–H and O–H groups in total. The van der Waals surface area contributed by atoms with E-state index in [0.29, 0.717) is 13.0 Å². The lowest BCUT2D eigenvalue weighted by Crippen LogP contribution is -2.65. The van der Waals surface area contributed by atoms with Gasteiger partial charge in [-0.2, -0.15) is 0 Å². The summed E-state index contributed by atoms with van der Waals surface area (Å²) in [4.78, 5) is 12.0. The number of ether oxygens (including phenoxy) is 1. The molecule has 6 atom stereocenters. The molecule has 2 heterocycles. The molecular weight excluding hydrogens is 292 g/mol. The molecule has 0 aromatic heterocycles. The van der Waals surface area contributed by atoms with Gasteiger partial charge in [0.25, 0.3) is 0 Å². The minimum Gasteiger partial charge on any atom is -0.394 e. The minimum absolute atomic E-state index is 0. The van der Waals surface area contributed by atoms with Crippen LogP contribution >= 0.6 is 12.4 Å². The van der Waals surface area contributed by atoms with Crippen molar-refractivity contribution in [2.24, 2.45) is 0 Å². The highest BCUT2D eigenvalue weighted by atomic mass is 35.5. The van der Waals surface area contributed by atoms with Crippen molar-refractivity contribution in [3.05, 3.63) is 0 Å². The maximum absolute atomic E-state index is 12.0. The van der Waals surface area contributed by atoms with Crippen LogP contribution in [0, 0.1) is 0 Å². The largest absolute Gasteiger partial charge is 0.394 e. The second kappa shape index (κ2) is 7.51. The van der Waals surface area contributed by atoms with E-state index in [2.05, 4.69) is 5.32 Å². The number of rotatable bonds is 3. The Bertz CT molecular complexity index is 366. The summed E-state index contributed by atoms with van der Waals surface area (Å²) in [6, 6.07) is -1.84. The zero-order valence-corrected chi connectivity index (χ0v) is 11.6. The molecule has 20 heavy (non-hydrogen) atoms. The molecule has 0 bridgehead atoms. The summed E-state index contributed by atoms with van der Waals surface area (Å²) in [5, 5.41) is 41.8. The standard InChI is InChI=1S/C11H20N2O6.ClH/c14-4-6-8(15)9(16)7(11(18)19-6)13-10(17)5-2-1-3-12-5;/h5-9,11-12,14-16,18H,1-4H2,(H,13,17);1H/t5-,6+,7+,8+,9+,11?;/m0./s1/i/hD. The fourth-order valence-corrected chi connectivity index (χ4v) is 2.35. The molecule has 2 aliphatic heterocycles. The van der Waals surface area contributed by atoms with Crippen LogP contribution in [0.15, 0.2) is 0 Å². The number of amides is 1. The topological polar surface area (TPSA) is 131 Å². The Hall–Kier alpha value is -0.480. The Labute approximate surface area is 124 Å². The van der Waals surface area contributed by atoms with Gasteiger partial charge in [-0.25, -0.2) is 0 Å². The number of aliphatic hydroxyl groups excluding tert-OH is 4. The van der Waals surface area contributed by atoms with E-state index in [1.165, 1.54) is 0 Å². The number of carbonyl (C=O) groups excluding carboxylic acids is 1. The summed E-state index contributed by atoms with van der Waals surface area (Å²) in [7, 11) is 0. The lowest BCUT2D eigenvalue weighted by atomic mass is 9.96. The molecule has 8 nitrogen and oxygen atoms in total. The molecule has 0 saturated carbocycles. The van der Waals surface area contributed by atoms with Crippen LogP contribution in [0.2, 0.25) is 1.41 Å². The SMILES string of the molecule is Cl.[2H]N1CCC[C@H]1C(=O)N[C@H]1C(O)O[C@H](CO)[C@@H](O)[C@@H]1O. The molecule has 1 unspecified atom stereocenters. The van der Waals surface area contributed by atoms with Crippen LogP contribution in [0.1, 0.15) is 12.8 Å². The first-order valence-electron chi connectivity index (χ1n) is 6.77. The predicted molar refractivity (Wildman–Crippen MR) is 70.2 cm³/mol. The molecule has 2 rings (SSSR count). The van der Waals surface area contributed by atoms with Crippen LogP contribution in [-0.4, -0.2) is 76.2 Å². The van der Waals surface area contributed by atoms with E-state index in [4.69, 9.17) is 11.3 Å². The fraction of sp³-hybridized carbons (Fsp3) is 0.909. The molecular formula is C11H21ClN2O6. The zero-order chi connectivity index (χ0) is 14.9. The van der Waals surface area contributed by atoms with Crippen molar-refractivity contribution in [2.75, 3.05) is 13.2 Å². The summed E-state index contributed by atoms with van der Waals surface area (Å²) >= 11 is 0. The van der Waals surface area contributed by atoms with Gasteiger partial charge in [0.15, 0.2) is 6.29 Å². The third-order valence-corrected chi connectivity index (χ3v) is 3.50. The van der Waals surface area contributed by atoms with Crippen LogP contribution in [0.25, 0.3) is 0 Å². The summed E-state index contributed by atoms with van der Waals surface area (Å²) < 4.78 is 12.5. The van der Waals surface area contributed by atoms with Crippen LogP contribution in [0.5, 0.6) is 0 Å². The van der Waals surface area contributed by atoms with Crippen molar-refractivity contribution in [3.63, 3.8) is 0 Å². The van der Waals surface area contributed by atoms with Gasteiger partial charge >= 0.3 is 0 Å². The summed E-state index contributed by atoms with van der Waals surface area (Å²) in [6.07, 6.45) is -4.26. The van der Waals surface area contributed by atoms with Crippen LogP contribution in [0.4, 0.5) is 0 Å². The maximum Gasteiger partial charge on any atom is 0.237 e. The average molecular weight is 314 g/mol. The molecule has 2 aliphatic rings. The number of hydrogen-bond acceptors (Lipinski definition) is 7. The van der Waals surface area contributed by atoms with Gasteiger partial charge in [-0.1, -0.05) is 0 Å². The van der Waals surface area contributed by atoms with Crippen LogP contribution < -0.4 is 10.6 Å². The van der Waals surface area contributed by atoms with Gasteiger partial charge in [-0.3, -0.25) is 4.79 Å². The molecule has 0 aromatic rings. The molecule has 1 amide bonds. The summed E-state index contributed by atoms with van der Waals surface area (Å²) in [5.41, 5.74) is 0. The van der Waals surface area contributed by atoms with Crippen molar-refractivity contribution >= 4 is 18.3 Å². The van der Waals surface area contributed by atoms with Gasteiger partial charge in [0, 0.05) is 0 Å². The van der Waals surface area contributed by atoms with E-state index in [-0.39, 0.29) is 12.4 Å². The van der Waals surface area contributed by atoms with E-state index < -0.39 is 49.2 Å². The Morgan fingerprint density at radius 3 is 2.65 bits per heavy atom. The number of aliphatic hydroxyl groups is 4. The van der Waals surface area contributed by atoms with Gasteiger partial charge in [0.1, 0.15) is 25.8 Å². The van der Waals surface area contributed by atoms with E-state index in [0.717, 1.165) is 11.7 Å². The minimum atomic E-state index is -1.53. The Kier molecular flexibility index (Phi) is 5.97. The van der Waals surface area contributed by atoms with E-state index in [9.17, 15) is 20.1 Å². The number of halogens is 1.